The predicted molar refractivity (Wildman–Crippen MR) is 75.5 cm³/mol. The van der Waals surface area contributed by atoms with Crippen LogP contribution >= 0.6 is 11.3 Å². The van der Waals surface area contributed by atoms with E-state index in [1.807, 2.05) is 0 Å². The first-order chi connectivity index (χ1) is 10.9. The number of hydrogen-bond donors (Lipinski definition) is 3. The molecule has 0 saturated carbocycles. The number of aromatic nitrogens is 1. The lowest BCUT2D eigenvalue weighted by atomic mass is 9.96. The van der Waals surface area contributed by atoms with Crippen LogP contribution in [0, 0.1) is 0 Å². The number of urea groups is 1. The van der Waals surface area contributed by atoms with Crippen LogP contribution in [-0.4, -0.2) is 53.0 Å². The van der Waals surface area contributed by atoms with Gasteiger partial charge in [0.2, 0.25) is 0 Å². The highest BCUT2D eigenvalue weighted by Crippen LogP contribution is 2.35. The van der Waals surface area contributed by atoms with E-state index in [0.29, 0.717) is 5.01 Å². The summed E-state index contributed by atoms with van der Waals surface area (Å²) in [5.74, 6) is -3.94. The lowest BCUT2D eigenvalue weighted by Gasteiger charge is -2.34. The van der Waals surface area contributed by atoms with Crippen LogP contribution in [0.3, 0.4) is 0 Å². The molecule has 1 aromatic rings. The van der Waals surface area contributed by atoms with Crippen molar-refractivity contribution in [3.63, 3.8) is 0 Å². The molecule has 2 saturated heterocycles. The number of hydrogen-bond acceptors (Lipinski definition) is 6. The molecule has 23 heavy (non-hydrogen) atoms. The van der Waals surface area contributed by atoms with E-state index in [2.05, 4.69) is 15.8 Å². The van der Waals surface area contributed by atoms with Crippen LogP contribution in [0.1, 0.15) is 17.5 Å². The Kier molecular flexibility index (Phi) is 4.17. The summed E-state index contributed by atoms with van der Waals surface area (Å²) in [5, 5.41) is 4.55. The van der Waals surface area contributed by atoms with Gasteiger partial charge in [0.05, 0.1) is 12.6 Å². The fourth-order valence-electron chi connectivity index (χ4n) is 2.57. The zero-order valence-corrected chi connectivity index (χ0v) is 12.7. The van der Waals surface area contributed by atoms with Crippen molar-refractivity contribution in [3.8, 4) is 0 Å². The summed E-state index contributed by atoms with van der Waals surface area (Å²) in [6.45, 7) is -0.264. The SMILES string of the molecule is NC(CONC(=O)C1CC(F)(F)C2CN1C(=O)N2)c1nccs1. The van der Waals surface area contributed by atoms with Gasteiger partial charge in [0, 0.05) is 24.5 Å². The number of nitrogens with one attached hydrogen (secondary N) is 2. The zero-order chi connectivity index (χ0) is 16.6. The number of rotatable bonds is 5. The van der Waals surface area contributed by atoms with E-state index in [1.54, 1.807) is 11.6 Å². The Labute approximate surface area is 133 Å². The van der Waals surface area contributed by atoms with Gasteiger partial charge in [-0.1, -0.05) is 0 Å². The number of carbonyl (C=O) groups is 2. The third-order valence-electron chi connectivity index (χ3n) is 3.80. The number of fused-ring (bicyclic) bond motifs is 2. The monoisotopic (exact) mass is 347 g/mol. The van der Waals surface area contributed by atoms with Gasteiger partial charge in [-0.15, -0.1) is 11.3 Å². The maximum Gasteiger partial charge on any atom is 0.318 e. The molecule has 3 atom stereocenters. The highest BCUT2D eigenvalue weighted by Gasteiger charge is 2.56. The van der Waals surface area contributed by atoms with Crippen molar-refractivity contribution in [2.75, 3.05) is 13.2 Å². The Hall–Kier alpha value is -1.85. The number of hydroxylamine groups is 1. The minimum Gasteiger partial charge on any atom is -0.327 e. The molecule has 3 unspecified atom stereocenters. The van der Waals surface area contributed by atoms with Crippen molar-refractivity contribution in [1.29, 1.82) is 0 Å². The van der Waals surface area contributed by atoms with E-state index >= 15 is 0 Å². The lowest BCUT2D eigenvalue weighted by Crippen LogP contribution is -2.56. The number of nitrogens with zero attached hydrogens (tertiary/aromatic N) is 2. The molecule has 8 nitrogen and oxygen atoms in total. The van der Waals surface area contributed by atoms with Crippen LogP contribution in [0.25, 0.3) is 0 Å². The maximum absolute atomic E-state index is 13.8. The second-order valence-electron chi connectivity index (χ2n) is 5.39. The molecule has 0 radical (unpaired) electrons. The van der Waals surface area contributed by atoms with Gasteiger partial charge < -0.3 is 16.0 Å². The van der Waals surface area contributed by atoms with E-state index in [4.69, 9.17) is 10.6 Å². The molecule has 3 rings (SSSR count). The smallest absolute Gasteiger partial charge is 0.318 e. The van der Waals surface area contributed by atoms with Crippen LogP contribution in [0.5, 0.6) is 0 Å². The van der Waals surface area contributed by atoms with E-state index < -0.39 is 42.4 Å². The van der Waals surface area contributed by atoms with Gasteiger partial charge in [0.25, 0.3) is 11.8 Å². The third-order valence-corrected chi connectivity index (χ3v) is 4.70. The molecule has 2 aliphatic rings. The Bertz CT molecular complexity index is 600. The van der Waals surface area contributed by atoms with Gasteiger partial charge in [-0.2, -0.15) is 0 Å². The molecule has 0 spiro atoms. The normalized spacial score (nSPS) is 26.7. The van der Waals surface area contributed by atoms with Gasteiger partial charge in [-0.25, -0.2) is 24.0 Å². The Morgan fingerprint density at radius 2 is 2.48 bits per heavy atom. The lowest BCUT2D eigenvalue weighted by molar-refractivity contribution is -0.146. The van der Waals surface area contributed by atoms with Crippen molar-refractivity contribution < 1.29 is 23.2 Å². The molecule has 0 aliphatic carbocycles. The number of thiazole rings is 1. The largest absolute Gasteiger partial charge is 0.327 e. The van der Waals surface area contributed by atoms with Crippen LogP contribution in [0.2, 0.25) is 0 Å². The molecule has 2 bridgehead atoms. The summed E-state index contributed by atoms with van der Waals surface area (Å²) in [4.78, 5) is 33.7. The average molecular weight is 347 g/mol. The Morgan fingerprint density at radius 1 is 1.70 bits per heavy atom. The second kappa shape index (κ2) is 5.98. The molecule has 11 heteroatoms. The summed E-state index contributed by atoms with van der Waals surface area (Å²) in [5.41, 5.74) is 7.90. The summed E-state index contributed by atoms with van der Waals surface area (Å²) >= 11 is 1.34. The van der Waals surface area contributed by atoms with Crippen LogP contribution < -0.4 is 16.5 Å². The number of piperidine rings is 1. The molecular formula is C12H15F2N5O3S. The number of halogens is 2. The highest BCUT2D eigenvalue weighted by molar-refractivity contribution is 7.09. The van der Waals surface area contributed by atoms with Gasteiger partial charge in [-0.05, 0) is 0 Å². The van der Waals surface area contributed by atoms with E-state index in [-0.39, 0.29) is 13.2 Å². The molecule has 3 amide bonds. The summed E-state index contributed by atoms with van der Waals surface area (Å²) < 4.78 is 27.7. The fraction of sp³-hybridized carbons (Fsp3) is 0.583. The van der Waals surface area contributed by atoms with Gasteiger partial charge >= 0.3 is 6.03 Å². The van der Waals surface area contributed by atoms with Crippen molar-refractivity contribution in [3.05, 3.63) is 16.6 Å². The highest BCUT2D eigenvalue weighted by atomic mass is 32.1. The average Bonchev–Trinajstić information content (AvgIpc) is 3.12. The van der Waals surface area contributed by atoms with Crippen LogP contribution in [0.4, 0.5) is 13.6 Å². The van der Waals surface area contributed by atoms with Gasteiger partial charge in [-0.3, -0.25) is 9.63 Å². The third kappa shape index (κ3) is 3.12. The van der Waals surface area contributed by atoms with E-state index in [0.717, 1.165) is 4.90 Å². The first kappa shape index (κ1) is 16.0. The standard InChI is InChI=1S/C12H15F2N5O3S/c13-12(14)3-7(19-4-8(12)17-11(19)21)9(20)18-22-5-6(15)10-16-1-2-23-10/h1-2,6-8H,3-5,15H2,(H,17,21)(H,18,20). The number of carbonyl (C=O) groups excluding carboxylic acids is 2. The summed E-state index contributed by atoms with van der Waals surface area (Å²) in [6, 6.07) is -3.74. The van der Waals surface area contributed by atoms with Gasteiger partial charge in [0.15, 0.2) is 0 Å². The predicted octanol–water partition coefficient (Wildman–Crippen LogP) is -0.00790. The number of alkyl halides is 2. The number of amides is 3. The Balaban J connectivity index is 1.54. The van der Waals surface area contributed by atoms with Crippen molar-refractivity contribution >= 4 is 23.3 Å². The van der Waals surface area contributed by atoms with Crippen molar-refractivity contribution in [2.24, 2.45) is 5.73 Å². The summed E-state index contributed by atoms with van der Waals surface area (Å²) in [6.07, 6.45) is 0.842. The van der Waals surface area contributed by atoms with Crippen molar-refractivity contribution in [1.82, 2.24) is 20.7 Å². The Morgan fingerprint density at radius 3 is 3.17 bits per heavy atom. The molecule has 1 aromatic heterocycles. The molecule has 2 aliphatic heterocycles. The second-order valence-corrected chi connectivity index (χ2v) is 6.32. The molecular weight excluding hydrogens is 332 g/mol. The van der Waals surface area contributed by atoms with E-state index in [9.17, 15) is 18.4 Å². The maximum atomic E-state index is 13.8. The first-order valence-corrected chi connectivity index (χ1v) is 7.78. The van der Waals surface area contributed by atoms with Crippen LogP contribution in [0.15, 0.2) is 11.6 Å². The van der Waals surface area contributed by atoms with Crippen LogP contribution in [-0.2, 0) is 9.63 Å². The fourth-order valence-corrected chi connectivity index (χ4v) is 3.19. The zero-order valence-electron chi connectivity index (χ0n) is 11.9. The topological polar surface area (TPSA) is 110 Å². The number of nitrogens with two attached hydrogens (primary N) is 1. The molecule has 0 aromatic carbocycles. The quantitative estimate of drug-likeness (QED) is 0.649. The molecule has 2 fully saturated rings. The molecule has 126 valence electrons. The van der Waals surface area contributed by atoms with Gasteiger partial charge in [0.1, 0.15) is 17.1 Å². The first-order valence-electron chi connectivity index (χ1n) is 6.90. The van der Waals surface area contributed by atoms with Crippen molar-refractivity contribution in [2.45, 2.75) is 30.5 Å². The minimum atomic E-state index is -3.14. The minimum absolute atomic E-state index is 0.0583. The molecule has 3 heterocycles. The molecule has 4 N–H and O–H groups in total. The summed E-state index contributed by atoms with van der Waals surface area (Å²) in [7, 11) is 0. The van der Waals surface area contributed by atoms with E-state index in [1.165, 1.54) is 11.3 Å².